The standard InChI is InChI=1S/C11H16N4/c1-8-11(7-13-10-3-4-10)9(2)15(14-8)6-5-12/h10,13H,3-4,6-7H2,1-2H3. The number of nitrogens with one attached hydrogen (secondary N) is 1. The number of hydrogen-bond acceptors (Lipinski definition) is 3. The average molecular weight is 204 g/mol. The molecule has 80 valence electrons. The molecule has 0 bridgehead atoms. The Morgan fingerprint density at radius 2 is 2.27 bits per heavy atom. The number of aromatic nitrogens is 2. The lowest BCUT2D eigenvalue weighted by Gasteiger charge is -2.03. The first kappa shape index (κ1) is 10.2. The molecule has 15 heavy (non-hydrogen) atoms. The number of nitrogens with zero attached hydrogens (tertiary/aromatic N) is 3. The first-order valence-electron chi connectivity index (χ1n) is 5.35. The molecule has 0 radical (unpaired) electrons. The lowest BCUT2D eigenvalue weighted by molar-refractivity contribution is 0.666. The fraction of sp³-hybridized carbons (Fsp3) is 0.636. The van der Waals surface area contributed by atoms with Crippen LogP contribution in [0.25, 0.3) is 0 Å². The predicted octanol–water partition coefficient (Wildman–Crippen LogP) is 1.28. The zero-order valence-electron chi connectivity index (χ0n) is 9.25. The Bertz CT molecular complexity index is 395. The van der Waals surface area contributed by atoms with Crippen molar-refractivity contribution in [2.24, 2.45) is 0 Å². The van der Waals surface area contributed by atoms with Gasteiger partial charge in [-0.05, 0) is 26.7 Å². The van der Waals surface area contributed by atoms with Crippen LogP contribution in [0.5, 0.6) is 0 Å². The van der Waals surface area contributed by atoms with E-state index in [4.69, 9.17) is 5.26 Å². The van der Waals surface area contributed by atoms with E-state index in [-0.39, 0.29) is 0 Å². The molecule has 0 spiro atoms. The highest BCUT2D eigenvalue weighted by Gasteiger charge is 2.21. The van der Waals surface area contributed by atoms with Crippen molar-refractivity contribution < 1.29 is 0 Å². The summed E-state index contributed by atoms with van der Waals surface area (Å²) in [6.45, 7) is 5.26. The SMILES string of the molecule is Cc1nn(CC#N)c(C)c1CNC1CC1. The molecule has 2 rings (SSSR count). The van der Waals surface area contributed by atoms with Crippen LogP contribution in [0.1, 0.15) is 29.8 Å². The highest BCUT2D eigenvalue weighted by Crippen LogP contribution is 2.20. The quantitative estimate of drug-likeness (QED) is 0.803. The van der Waals surface area contributed by atoms with Gasteiger partial charge >= 0.3 is 0 Å². The normalized spacial score (nSPS) is 15.3. The minimum Gasteiger partial charge on any atom is -0.310 e. The molecule has 0 atom stereocenters. The predicted molar refractivity (Wildman–Crippen MR) is 57.2 cm³/mol. The van der Waals surface area contributed by atoms with Crippen LogP contribution < -0.4 is 5.32 Å². The van der Waals surface area contributed by atoms with E-state index in [1.54, 1.807) is 4.68 Å². The molecule has 0 saturated heterocycles. The van der Waals surface area contributed by atoms with E-state index < -0.39 is 0 Å². The smallest absolute Gasteiger partial charge is 0.128 e. The number of nitriles is 1. The summed E-state index contributed by atoms with van der Waals surface area (Å²) in [6, 6.07) is 2.83. The van der Waals surface area contributed by atoms with Gasteiger partial charge in [0, 0.05) is 23.8 Å². The summed E-state index contributed by atoms with van der Waals surface area (Å²) < 4.78 is 1.78. The van der Waals surface area contributed by atoms with Crippen molar-refractivity contribution in [3.05, 3.63) is 17.0 Å². The Morgan fingerprint density at radius 3 is 2.87 bits per heavy atom. The average Bonchev–Trinajstić information content (AvgIpc) is 2.97. The minimum absolute atomic E-state index is 0.343. The maximum atomic E-state index is 8.65. The van der Waals surface area contributed by atoms with Gasteiger partial charge in [-0.2, -0.15) is 10.4 Å². The summed E-state index contributed by atoms with van der Waals surface area (Å²) in [5.41, 5.74) is 3.40. The Kier molecular flexibility index (Phi) is 2.74. The van der Waals surface area contributed by atoms with Crippen LogP contribution in [0.3, 0.4) is 0 Å². The minimum atomic E-state index is 0.343. The summed E-state index contributed by atoms with van der Waals surface area (Å²) in [5.74, 6) is 0. The van der Waals surface area contributed by atoms with Crippen LogP contribution in [-0.4, -0.2) is 15.8 Å². The fourth-order valence-corrected chi connectivity index (χ4v) is 1.74. The molecule has 1 fully saturated rings. The van der Waals surface area contributed by atoms with E-state index in [1.165, 1.54) is 18.4 Å². The summed E-state index contributed by atoms with van der Waals surface area (Å²) in [5, 5.41) is 16.5. The van der Waals surface area contributed by atoms with Gasteiger partial charge in [0.05, 0.1) is 11.8 Å². The van der Waals surface area contributed by atoms with Crippen LogP contribution in [0.2, 0.25) is 0 Å². The Labute approximate surface area is 89.9 Å². The van der Waals surface area contributed by atoms with Crippen molar-refractivity contribution in [1.82, 2.24) is 15.1 Å². The van der Waals surface area contributed by atoms with Crippen molar-refractivity contribution in [3.8, 4) is 6.07 Å². The van der Waals surface area contributed by atoms with Gasteiger partial charge in [-0.15, -0.1) is 0 Å². The second-order valence-electron chi connectivity index (χ2n) is 4.12. The molecule has 1 saturated carbocycles. The molecule has 1 aromatic rings. The molecule has 1 aliphatic carbocycles. The van der Waals surface area contributed by atoms with E-state index in [0.29, 0.717) is 12.6 Å². The summed E-state index contributed by atoms with van der Waals surface area (Å²) in [4.78, 5) is 0. The van der Waals surface area contributed by atoms with Gasteiger partial charge in [-0.25, -0.2) is 0 Å². The molecule has 0 aliphatic heterocycles. The first-order valence-corrected chi connectivity index (χ1v) is 5.35. The Hall–Kier alpha value is -1.34. The summed E-state index contributed by atoms with van der Waals surface area (Å²) in [7, 11) is 0. The van der Waals surface area contributed by atoms with Crippen molar-refractivity contribution in [2.75, 3.05) is 0 Å². The summed E-state index contributed by atoms with van der Waals surface area (Å²) in [6.07, 6.45) is 2.59. The maximum Gasteiger partial charge on any atom is 0.128 e. The second kappa shape index (κ2) is 4.03. The molecule has 0 aromatic carbocycles. The van der Waals surface area contributed by atoms with Crippen molar-refractivity contribution in [1.29, 1.82) is 5.26 Å². The Morgan fingerprint density at radius 1 is 1.53 bits per heavy atom. The van der Waals surface area contributed by atoms with E-state index in [9.17, 15) is 0 Å². The molecule has 0 unspecified atom stereocenters. The van der Waals surface area contributed by atoms with Crippen LogP contribution in [0.15, 0.2) is 0 Å². The third-order valence-corrected chi connectivity index (χ3v) is 2.90. The molecule has 4 heteroatoms. The first-order chi connectivity index (χ1) is 7.22. The molecular formula is C11H16N4. The van der Waals surface area contributed by atoms with E-state index in [2.05, 4.69) is 16.5 Å². The van der Waals surface area contributed by atoms with Gasteiger partial charge in [0.2, 0.25) is 0 Å². The molecule has 0 amide bonds. The van der Waals surface area contributed by atoms with Crippen molar-refractivity contribution in [2.45, 2.75) is 45.8 Å². The lowest BCUT2D eigenvalue weighted by Crippen LogP contribution is -2.16. The maximum absolute atomic E-state index is 8.65. The molecule has 1 aromatic heterocycles. The van der Waals surface area contributed by atoms with Gasteiger partial charge in [0.1, 0.15) is 6.54 Å². The molecule has 1 aliphatic rings. The molecule has 1 heterocycles. The third kappa shape index (κ3) is 2.18. The van der Waals surface area contributed by atoms with Gasteiger partial charge in [0.15, 0.2) is 0 Å². The molecular weight excluding hydrogens is 188 g/mol. The van der Waals surface area contributed by atoms with Crippen LogP contribution in [0.4, 0.5) is 0 Å². The van der Waals surface area contributed by atoms with Gasteiger partial charge in [-0.3, -0.25) is 4.68 Å². The fourth-order valence-electron chi connectivity index (χ4n) is 1.74. The van der Waals surface area contributed by atoms with Gasteiger partial charge in [0.25, 0.3) is 0 Å². The van der Waals surface area contributed by atoms with E-state index in [0.717, 1.165) is 17.9 Å². The van der Waals surface area contributed by atoms with Crippen LogP contribution in [-0.2, 0) is 13.1 Å². The molecule has 1 N–H and O–H groups in total. The topological polar surface area (TPSA) is 53.6 Å². The third-order valence-electron chi connectivity index (χ3n) is 2.90. The largest absolute Gasteiger partial charge is 0.310 e. The van der Waals surface area contributed by atoms with Crippen LogP contribution in [0, 0.1) is 25.2 Å². The van der Waals surface area contributed by atoms with Crippen LogP contribution >= 0.6 is 0 Å². The number of rotatable bonds is 4. The van der Waals surface area contributed by atoms with Crippen molar-refractivity contribution in [3.63, 3.8) is 0 Å². The van der Waals surface area contributed by atoms with Gasteiger partial charge in [-0.1, -0.05) is 0 Å². The number of aryl methyl sites for hydroxylation is 1. The van der Waals surface area contributed by atoms with E-state index >= 15 is 0 Å². The number of hydrogen-bond donors (Lipinski definition) is 1. The zero-order chi connectivity index (χ0) is 10.8. The second-order valence-corrected chi connectivity index (χ2v) is 4.12. The van der Waals surface area contributed by atoms with Crippen molar-refractivity contribution >= 4 is 0 Å². The highest BCUT2D eigenvalue weighted by molar-refractivity contribution is 5.24. The summed E-state index contributed by atoms with van der Waals surface area (Å²) >= 11 is 0. The molecule has 4 nitrogen and oxygen atoms in total. The van der Waals surface area contributed by atoms with E-state index in [1.807, 2.05) is 13.8 Å². The van der Waals surface area contributed by atoms with Gasteiger partial charge < -0.3 is 5.32 Å². The monoisotopic (exact) mass is 204 g/mol. The highest BCUT2D eigenvalue weighted by atomic mass is 15.3. The Balaban J connectivity index is 2.10. The zero-order valence-corrected chi connectivity index (χ0v) is 9.25. The lowest BCUT2D eigenvalue weighted by atomic mass is 10.2.